The molecule has 0 aromatic carbocycles. The molecule has 54 valence electrons. The van der Waals surface area contributed by atoms with E-state index in [-0.39, 0.29) is 5.92 Å². The molecule has 0 rings (SSSR count). The largest absolute Gasteiger partial charge is 0.411 e. The van der Waals surface area contributed by atoms with E-state index in [4.69, 9.17) is 10.3 Å². The summed E-state index contributed by atoms with van der Waals surface area (Å²) in [6.07, 6.45) is -0.644. The first-order valence-corrected chi connectivity index (χ1v) is 2.99. The lowest BCUT2D eigenvalue weighted by Crippen LogP contribution is -2.21. The first-order chi connectivity index (χ1) is 4.09. The Kier molecular flexibility index (Phi) is 3.24. The van der Waals surface area contributed by atoms with Crippen LogP contribution in [0.5, 0.6) is 0 Å². The highest BCUT2D eigenvalue weighted by molar-refractivity contribution is 5.89. The molecule has 0 bridgehead atoms. The lowest BCUT2D eigenvalue weighted by atomic mass is 10.0. The van der Waals surface area contributed by atoms with Crippen LogP contribution in [0.2, 0.25) is 0 Å². The van der Waals surface area contributed by atoms with Crippen molar-refractivity contribution < 1.29 is 10.3 Å². The molecule has 0 saturated carbocycles. The van der Waals surface area contributed by atoms with Crippen LogP contribution in [0.15, 0.2) is 5.16 Å². The zero-order valence-corrected chi connectivity index (χ0v) is 6.00. The van der Waals surface area contributed by atoms with Crippen molar-refractivity contribution in [2.45, 2.75) is 26.9 Å². The Balaban J connectivity index is 4.01. The average molecular weight is 131 g/mol. The van der Waals surface area contributed by atoms with Crippen molar-refractivity contribution in [1.29, 1.82) is 0 Å². The Morgan fingerprint density at radius 1 is 1.33 bits per heavy atom. The molecule has 0 amide bonds. The minimum Gasteiger partial charge on any atom is -0.411 e. The molecule has 0 aliphatic carbocycles. The standard InChI is InChI=1S/C6H13NO2/c1-4(2)6(7-9)5(3)8/h4-5,8-9H,1-3H3/b7-6-. The number of aliphatic hydroxyl groups is 1. The van der Waals surface area contributed by atoms with Crippen molar-refractivity contribution in [1.82, 2.24) is 0 Å². The third-order valence-electron chi connectivity index (χ3n) is 1.14. The second kappa shape index (κ2) is 3.45. The molecular weight excluding hydrogens is 118 g/mol. The van der Waals surface area contributed by atoms with Crippen LogP contribution < -0.4 is 0 Å². The number of nitrogens with zero attached hydrogens (tertiary/aromatic N) is 1. The van der Waals surface area contributed by atoms with Crippen molar-refractivity contribution in [2.75, 3.05) is 0 Å². The van der Waals surface area contributed by atoms with Gasteiger partial charge in [0.25, 0.3) is 0 Å². The van der Waals surface area contributed by atoms with Crippen LogP contribution in [-0.2, 0) is 0 Å². The van der Waals surface area contributed by atoms with Gasteiger partial charge in [0.15, 0.2) is 0 Å². The second-order valence-corrected chi connectivity index (χ2v) is 2.36. The van der Waals surface area contributed by atoms with E-state index in [1.165, 1.54) is 0 Å². The highest BCUT2D eigenvalue weighted by Gasteiger charge is 2.10. The molecule has 0 heterocycles. The number of hydrogen-bond donors (Lipinski definition) is 2. The molecular formula is C6H13NO2. The predicted octanol–water partition coefficient (Wildman–Crippen LogP) is 0.853. The Hall–Kier alpha value is -0.570. The van der Waals surface area contributed by atoms with Gasteiger partial charge in [-0.15, -0.1) is 0 Å². The minimum absolute atomic E-state index is 0.106. The summed E-state index contributed by atoms with van der Waals surface area (Å²) in [5, 5.41) is 20.1. The van der Waals surface area contributed by atoms with Crippen molar-refractivity contribution in [3.05, 3.63) is 0 Å². The maximum Gasteiger partial charge on any atom is 0.0928 e. The summed E-state index contributed by atoms with van der Waals surface area (Å²) in [6, 6.07) is 0. The van der Waals surface area contributed by atoms with Crippen LogP contribution >= 0.6 is 0 Å². The Morgan fingerprint density at radius 2 is 1.78 bits per heavy atom. The predicted molar refractivity (Wildman–Crippen MR) is 35.7 cm³/mol. The van der Waals surface area contributed by atoms with E-state index in [1.54, 1.807) is 6.92 Å². The lowest BCUT2D eigenvalue weighted by Gasteiger charge is -2.09. The number of aliphatic hydroxyl groups excluding tert-OH is 1. The zero-order valence-electron chi connectivity index (χ0n) is 6.00. The molecule has 0 aromatic heterocycles. The fourth-order valence-corrected chi connectivity index (χ4v) is 0.681. The quantitative estimate of drug-likeness (QED) is 0.331. The van der Waals surface area contributed by atoms with Crippen LogP contribution in [-0.4, -0.2) is 22.1 Å². The third-order valence-corrected chi connectivity index (χ3v) is 1.14. The van der Waals surface area contributed by atoms with Gasteiger partial charge in [0, 0.05) is 0 Å². The maximum atomic E-state index is 8.89. The minimum atomic E-state index is -0.644. The first-order valence-electron chi connectivity index (χ1n) is 2.99. The molecule has 0 saturated heterocycles. The van der Waals surface area contributed by atoms with E-state index in [0.717, 1.165) is 0 Å². The fraction of sp³-hybridized carbons (Fsp3) is 0.833. The molecule has 0 aliphatic rings. The van der Waals surface area contributed by atoms with Gasteiger partial charge in [-0.05, 0) is 12.8 Å². The van der Waals surface area contributed by atoms with Gasteiger partial charge >= 0.3 is 0 Å². The van der Waals surface area contributed by atoms with Crippen molar-refractivity contribution >= 4 is 5.71 Å². The molecule has 0 aromatic rings. The van der Waals surface area contributed by atoms with Crippen molar-refractivity contribution in [2.24, 2.45) is 11.1 Å². The summed E-state index contributed by atoms with van der Waals surface area (Å²) in [5.41, 5.74) is 0.426. The lowest BCUT2D eigenvalue weighted by molar-refractivity contribution is 0.240. The molecule has 0 aliphatic heterocycles. The Morgan fingerprint density at radius 3 is 1.78 bits per heavy atom. The number of rotatable bonds is 2. The van der Waals surface area contributed by atoms with Crippen LogP contribution in [0.1, 0.15) is 20.8 Å². The molecule has 9 heavy (non-hydrogen) atoms. The van der Waals surface area contributed by atoms with Gasteiger partial charge in [-0.1, -0.05) is 19.0 Å². The van der Waals surface area contributed by atoms with E-state index in [1.807, 2.05) is 13.8 Å². The Labute approximate surface area is 55.0 Å². The van der Waals surface area contributed by atoms with Crippen LogP contribution in [0.4, 0.5) is 0 Å². The summed E-state index contributed by atoms with van der Waals surface area (Å²) < 4.78 is 0. The molecule has 3 nitrogen and oxygen atoms in total. The molecule has 0 radical (unpaired) electrons. The second-order valence-electron chi connectivity index (χ2n) is 2.36. The van der Waals surface area contributed by atoms with Gasteiger partial charge in [0.2, 0.25) is 0 Å². The van der Waals surface area contributed by atoms with E-state index in [2.05, 4.69) is 5.16 Å². The first kappa shape index (κ1) is 8.43. The number of hydrogen-bond acceptors (Lipinski definition) is 3. The molecule has 1 unspecified atom stereocenters. The maximum absolute atomic E-state index is 8.89. The summed E-state index contributed by atoms with van der Waals surface area (Å²) in [6.45, 7) is 5.30. The van der Waals surface area contributed by atoms with Crippen LogP contribution in [0.25, 0.3) is 0 Å². The van der Waals surface area contributed by atoms with Gasteiger partial charge in [0.1, 0.15) is 0 Å². The van der Waals surface area contributed by atoms with Gasteiger partial charge in [-0.2, -0.15) is 0 Å². The van der Waals surface area contributed by atoms with E-state index < -0.39 is 6.10 Å². The summed E-state index contributed by atoms with van der Waals surface area (Å²) in [7, 11) is 0. The SMILES string of the molecule is CC(C)/C(=N/O)C(C)O. The molecule has 0 fully saturated rings. The normalized spacial score (nSPS) is 16.3. The van der Waals surface area contributed by atoms with Gasteiger partial charge in [-0.25, -0.2) is 0 Å². The smallest absolute Gasteiger partial charge is 0.0928 e. The Bertz CT molecular complexity index is 97.6. The van der Waals surface area contributed by atoms with E-state index >= 15 is 0 Å². The summed E-state index contributed by atoms with van der Waals surface area (Å²) >= 11 is 0. The monoisotopic (exact) mass is 131 g/mol. The highest BCUT2D eigenvalue weighted by atomic mass is 16.4. The summed E-state index contributed by atoms with van der Waals surface area (Å²) in [5.74, 6) is 0.106. The topological polar surface area (TPSA) is 52.8 Å². The van der Waals surface area contributed by atoms with Crippen molar-refractivity contribution in [3.63, 3.8) is 0 Å². The molecule has 3 heteroatoms. The van der Waals surface area contributed by atoms with Crippen molar-refractivity contribution in [3.8, 4) is 0 Å². The van der Waals surface area contributed by atoms with Crippen LogP contribution in [0, 0.1) is 5.92 Å². The van der Waals surface area contributed by atoms with Gasteiger partial charge in [0.05, 0.1) is 11.8 Å². The number of oxime groups is 1. The van der Waals surface area contributed by atoms with Gasteiger partial charge in [-0.3, -0.25) is 0 Å². The van der Waals surface area contributed by atoms with E-state index in [0.29, 0.717) is 5.71 Å². The van der Waals surface area contributed by atoms with E-state index in [9.17, 15) is 0 Å². The van der Waals surface area contributed by atoms with Crippen LogP contribution in [0.3, 0.4) is 0 Å². The summed E-state index contributed by atoms with van der Waals surface area (Å²) in [4.78, 5) is 0. The zero-order chi connectivity index (χ0) is 7.44. The molecule has 1 atom stereocenters. The third kappa shape index (κ3) is 2.46. The van der Waals surface area contributed by atoms with Gasteiger partial charge < -0.3 is 10.3 Å². The highest BCUT2D eigenvalue weighted by Crippen LogP contribution is 2.00. The molecule has 0 spiro atoms. The molecule has 2 N–H and O–H groups in total. The average Bonchev–Trinajstić information content (AvgIpc) is 1.64. The fourth-order valence-electron chi connectivity index (χ4n) is 0.681.